The SMILES string of the molecule is CCOC(=O)C1=C(c2ccccc2)N=c2s/c(=C\c3cc(I)c(OCc4cccc(C(=O)O)c4)c(OC)c3)c(=O)n2[C@H]1c1ccc(SC)cc1. The topological polar surface area (TPSA) is 116 Å². The number of benzene rings is 4. The van der Waals surface area contributed by atoms with E-state index in [-0.39, 0.29) is 24.3 Å². The average Bonchev–Trinajstić information content (AvgIpc) is 3.44. The number of hydrogen-bond acceptors (Lipinski definition) is 9. The van der Waals surface area contributed by atoms with Gasteiger partial charge in [-0.1, -0.05) is 65.9 Å². The van der Waals surface area contributed by atoms with Gasteiger partial charge in [-0.15, -0.1) is 11.8 Å². The Balaban J connectivity index is 1.47. The Bertz CT molecular complexity index is 2300. The number of aromatic nitrogens is 1. The van der Waals surface area contributed by atoms with Gasteiger partial charge in [-0.25, -0.2) is 14.6 Å². The third kappa shape index (κ3) is 7.28. The molecular weight excluding hydrogens is 787 g/mol. The zero-order chi connectivity index (χ0) is 35.4. The Kier molecular flexibility index (Phi) is 10.9. The predicted molar refractivity (Wildman–Crippen MR) is 203 cm³/mol. The molecular formula is C38H31IN2O7S2. The van der Waals surface area contributed by atoms with Crippen molar-refractivity contribution in [3.8, 4) is 11.5 Å². The number of carboxylic acids is 1. The van der Waals surface area contributed by atoms with Gasteiger partial charge in [0.05, 0.1) is 44.7 Å². The van der Waals surface area contributed by atoms with E-state index in [0.717, 1.165) is 19.6 Å². The van der Waals surface area contributed by atoms with E-state index in [0.29, 0.717) is 43.2 Å². The maximum atomic E-state index is 14.3. The quantitative estimate of drug-likeness (QED) is 0.0908. The molecule has 0 bridgehead atoms. The van der Waals surface area contributed by atoms with Crippen LogP contribution in [0, 0.1) is 3.57 Å². The highest BCUT2D eigenvalue weighted by atomic mass is 127. The van der Waals surface area contributed by atoms with E-state index in [2.05, 4.69) is 22.6 Å². The van der Waals surface area contributed by atoms with E-state index >= 15 is 0 Å². The highest BCUT2D eigenvalue weighted by Gasteiger charge is 2.35. The normalized spacial score (nSPS) is 14.2. The van der Waals surface area contributed by atoms with Crippen molar-refractivity contribution in [2.24, 2.45) is 4.99 Å². The fourth-order valence-electron chi connectivity index (χ4n) is 5.61. The van der Waals surface area contributed by atoms with Gasteiger partial charge in [0, 0.05) is 10.5 Å². The summed E-state index contributed by atoms with van der Waals surface area (Å²) in [5.74, 6) is -0.601. The fourth-order valence-corrected chi connectivity index (χ4v) is 7.80. The Hall–Kier alpha value is -4.66. The Morgan fingerprint density at radius 3 is 2.48 bits per heavy atom. The molecule has 50 heavy (non-hydrogen) atoms. The van der Waals surface area contributed by atoms with Gasteiger partial charge in [-0.2, -0.15) is 0 Å². The molecule has 0 saturated carbocycles. The summed E-state index contributed by atoms with van der Waals surface area (Å²) < 4.78 is 20.1. The van der Waals surface area contributed by atoms with E-state index in [1.807, 2.05) is 66.9 Å². The first-order valence-corrected chi connectivity index (χ1v) is 18.6. The molecule has 5 aromatic rings. The molecule has 254 valence electrons. The largest absolute Gasteiger partial charge is 0.493 e. The van der Waals surface area contributed by atoms with Gasteiger partial charge in [0.25, 0.3) is 5.56 Å². The Morgan fingerprint density at radius 1 is 1.04 bits per heavy atom. The highest BCUT2D eigenvalue weighted by molar-refractivity contribution is 14.1. The molecule has 4 aromatic carbocycles. The molecule has 6 rings (SSSR count). The number of rotatable bonds is 11. The Morgan fingerprint density at radius 2 is 1.80 bits per heavy atom. The first-order valence-electron chi connectivity index (χ1n) is 15.5. The van der Waals surface area contributed by atoms with Gasteiger partial charge in [-0.3, -0.25) is 9.36 Å². The number of ether oxygens (including phenoxy) is 3. The number of thiazole rings is 1. The molecule has 1 aromatic heterocycles. The van der Waals surface area contributed by atoms with Crippen LogP contribution in [0.1, 0.15) is 45.6 Å². The van der Waals surface area contributed by atoms with E-state index < -0.39 is 18.0 Å². The second kappa shape index (κ2) is 15.5. The number of methoxy groups -OCH3 is 1. The number of halogens is 1. The van der Waals surface area contributed by atoms with E-state index in [4.69, 9.17) is 19.2 Å². The molecule has 1 atom stereocenters. The summed E-state index contributed by atoms with van der Waals surface area (Å²) >= 11 is 4.99. The predicted octanol–water partition coefficient (Wildman–Crippen LogP) is 6.55. The molecule has 2 heterocycles. The summed E-state index contributed by atoms with van der Waals surface area (Å²) in [7, 11) is 1.53. The van der Waals surface area contributed by atoms with Crippen LogP contribution in [0.2, 0.25) is 0 Å². The van der Waals surface area contributed by atoms with Gasteiger partial charge >= 0.3 is 11.9 Å². The second-order valence-electron chi connectivity index (χ2n) is 11.0. The van der Waals surface area contributed by atoms with Gasteiger partial charge in [0.1, 0.15) is 6.61 Å². The number of carbonyl (C=O) groups is 2. The van der Waals surface area contributed by atoms with Crippen molar-refractivity contribution in [3.63, 3.8) is 0 Å². The molecule has 1 aliphatic heterocycles. The van der Waals surface area contributed by atoms with E-state index in [1.165, 1.54) is 24.5 Å². The molecule has 1 N–H and O–H groups in total. The number of nitrogens with zero attached hydrogens (tertiary/aromatic N) is 2. The van der Waals surface area contributed by atoms with Crippen LogP contribution in [0.5, 0.6) is 11.5 Å². The molecule has 0 spiro atoms. The van der Waals surface area contributed by atoms with Gasteiger partial charge < -0.3 is 19.3 Å². The fraction of sp³-hybridized carbons (Fsp3) is 0.158. The number of thioether (sulfide) groups is 1. The van der Waals surface area contributed by atoms with Gasteiger partial charge in [0.15, 0.2) is 16.3 Å². The van der Waals surface area contributed by atoms with Crippen molar-refractivity contribution in [2.75, 3.05) is 20.0 Å². The highest BCUT2D eigenvalue weighted by Crippen LogP contribution is 2.37. The third-order valence-electron chi connectivity index (χ3n) is 7.91. The molecule has 1 aliphatic rings. The van der Waals surface area contributed by atoms with Crippen LogP contribution >= 0.6 is 45.7 Å². The lowest BCUT2D eigenvalue weighted by molar-refractivity contribution is -0.138. The number of esters is 1. The smallest absolute Gasteiger partial charge is 0.338 e. The first kappa shape index (κ1) is 35.2. The summed E-state index contributed by atoms with van der Waals surface area (Å²) in [5.41, 5.74) is 3.52. The van der Waals surface area contributed by atoms with Crippen molar-refractivity contribution in [3.05, 3.63) is 148 Å². The summed E-state index contributed by atoms with van der Waals surface area (Å²) in [6.07, 6.45) is 3.77. The number of fused-ring (bicyclic) bond motifs is 1. The lowest BCUT2D eigenvalue weighted by atomic mass is 9.93. The zero-order valence-electron chi connectivity index (χ0n) is 27.2. The van der Waals surface area contributed by atoms with Crippen LogP contribution in [0.15, 0.2) is 111 Å². The zero-order valence-corrected chi connectivity index (χ0v) is 31.0. The summed E-state index contributed by atoms with van der Waals surface area (Å²) in [6.45, 7) is 2.05. The Labute approximate surface area is 309 Å². The molecule has 12 heteroatoms. The van der Waals surface area contributed by atoms with Crippen LogP contribution in [-0.4, -0.2) is 41.6 Å². The summed E-state index contributed by atoms with van der Waals surface area (Å²) in [5, 5.41) is 9.34. The third-order valence-corrected chi connectivity index (χ3v) is 10.4. The number of hydrogen-bond donors (Lipinski definition) is 1. The minimum Gasteiger partial charge on any atom is -0.493 e. The molecule has 0 unspecified atom stereocenters. The van der Waals surface area contributed by atoms with Crippen molar-refractivity contribution in [2.45, 2.75) is 24.5 Å². The van der Waals surface area contributed by atoms with E-state index in [1.54, 1.807) is 53.6 Å². The molecule has 0 aliphatic carbocycles. The molecule has 9 nitrogen and oxygen atoms in total. The lowest BCUT2D eigenvalue weighted by Crippen LogP contribution is -2.40. The first-order chi connectivity index (χ1) is 24.2. The van der Waals surface area contributed by atoms with Crippen LogP contribution < -0.4 is 24.4 Å². The summed E-state index contributed by atoms with van der Waals surface area (Å²) in [4.78, 5) is 45.9. The molecule has 0 radical (unpaired) electrons. The minimum absolute atomic E-state index is 0.135. The van der Waals surface area contributed by atoms with Crippen LogP contribution in [-0.2, 0) is 16.1 Å². The lowest BCUT2D eigenvalue weighted by Gasteiger charge is -2.26. The van der Waals surface area contributed by atoms with Crippen LogP contribution in [0.3, 0.4) is 0 Å². The average molecular weight is 819 g/mol. The maximum Gasteiger partial charge on any atom is 0.338 e. The molecule has 0 fully saturated rings. The number of carbonyl (C=O) groups excluding carboxylic acids is 1. The van der Waals surface area contributed by atoms with Gasteiger partial charge in [-0.05, 0) is 94.9 Å². The second-order valence-corrected chi connectivity index (χ2v) is 14.1. The standard InChI is InChI=1S/C38H31IN2O7S2/c1-4-47-37(45)31-32(24-10-6-5-7-11-24)40-38-41(33(31)25-13-15-27(49-3)16-14-25)35(42)30(50-38)20-23-18-28(39)34(29(19-23)46-2)48-21-22-9-8-12-26(17-22)36(43)44/h5-20,33H,4,21H2,1-3H3,(H,43,44)/b30-20-/t33-/m0/s1. The van der Waals surface area contributed by atoms with E-state index in [9.17, 15) is 19.5 Å². The summed E-state index contributed by atoms with van der Waals surface area (Å²) in [6, 6.07) is 26.7. The van der Waals surface area contributed by atoms with Crippen molar-refractivity contribution < 1.29 is 28.9 Å². The monoisotopic (exact) mass is 818 g/mol. The molecule has 0 amide bonds. The number of carboxylic acid groups (broad SMARTS) is 1. The van der Waals surface area contributed by atoms with Crippen LogP contribution in [0.4, 0.5) is 0 Å². The van der Waals surface area contributed by atoms with Gasteiger partial charge in [0.2, 0.25) is 0 Å². The minimum atomic E-state index is -1.01. The number of aromatic carboxylic acids is 1. The molecule has 0 saturated heterocycles. The van der Waals surface area contributed by atoms with Crippen molar-refractivity contribution in [1.82, 2.24) is 4.57 Å². The van der Waals surface area contributed by atoms with Crippen molar-refractivity contribution >= 4 is 69.4 Å². The van der Waals surface area contributed by atoms with Crippen LogP contribution in [0.25, 0.3) is 11.8 Å². The van der Waals surface area contributed by atoms with Crippen molar-refractivity contribution in [1.29, 1.82) is 0 Å². The maximum absolute atomic E-state index is 14.3.